The lowest BCUT2D eigenvalue weighted by molar-refractivity contribution is 0.982. The number of hydrogen-bond acceptors (Lipinski definition) is 3. The molecular weight excluding hydrogens is 328 g/mol. The van der Waals surface area contributed by atoms with Gasteiger partial charge in [-0.25, -0.2) is 4.98 Å². The third kappa shape index (κ3) is 2.03. The van der Waals surface area contributed by atoms with Gasteiger partial charge in [-0.2, -0.15) is 0 Å². The molecule has 1 aromatic carbocycles. The highest BCUT2D eigenvalue weighted by Gasteiger charge is 2.15. The minimum absolute atomic E-state index is 0.396. The number of benzene rings is 1. The fourth-order valence-electron chi connectivity index (χ4n) is 2.04. The largest absolute Gasteiger partial charge is 0.262 e. The fourth-order valence-corrected chi connectivity index (χ4v) is 2.59. The van der Waals surface area contributed by atoms with Crippen LogP contribution in [-0.2, 0) is 0 Å². The van der Waals surface area contributed by atoms with E-state index in [1.54, 1.807) is 0 Å². The molecule has 0 radical (unpaired) electrons. The van der Waals surface area contributed by atoms with Crippen LogP contribution in [0.1, 0.15) is 11.4 Å². The number of aryl methyl sites for hydroxylation is 2. The predicted molar refractivity (Wildman–Crippen MR) is 78.4 cm³/mol. The molecule has 3 rings (SSSR count). The molecule has 0 saturated heterocycles. The van der Waals surface area contributed by atoms with Crippen LogP contribution in [-0.4, -0.2) is 19.6 Å². The zero-order chi connectivity index (χ0) is 13.6. The van der Waals surface area contributed by atoms with Crippen LogP contribution in [0.5, 0.6) is 0 Å². The van der Waals surface area contributed by atoms with Crippen molar-refractivity contribution in [2.45, 2.75) is 13.8 Å². The Morgan fingerprint density at radius 2 is 2.00 bits per heavy atom. The Bertz CT molecular complexity index is 782. The summed E-state index contributed by atoms with van der Waals surface area (Å²) in [5, 5.41) is 8.84. The van der Waals surface area contributed by atoms with Crippen LogP contribution in [0.2, 0.25) is 5.15 Å². The summed E-state index contributed by atoms with van der Waals surface area (Å²) < 4.78 is 2.55. The first kappa shape index (κ1) is 12.6. The topological polar surface area (TPSA) is 43.1 Å². The standard InChI is InChI=1S/C13H10BrClN4/c1-7-4-3-5-9(6-7)12-17-18-13-10(14)11(15)16-8(2)19(12)13/h3-6H,1-2H3. The number of rotatable bonds is 1. The summed E-state index contributed by atoms with van der Waals surface area (Å²) in [5.74, 6) is 1.52. The molecule has 0 bridgehead atoms. The summed E-state index contributed by atoms with van der Waals surface area (Å²) >= 11 is 9.43. The summed E-state index contributed by atoms with van der Waals surface area (Å²) in [6.07, 6.45) is 0. The molecule has 0 spiro atoms. The number of fused-ring (bicyclic) bond motifs is 1. The maximum Gasteiger partial charge on any atom is 0.180 e. The highest BCUT2D eigenvalue weighted by atomic mass is 79.9. The molecule has 0 N–H and O–H groups in total. The lowest BCUT2D eigenvalue weighted by Crippen LogP contribution is -1.99. The van der Waals surface area contributed by atoms with Gasteiger partial charge in [-0.3, -0.25) is 4.40 Å². The molecule has 0 fully saturated rings. The molecule has 4 nitrogen and oxygen atoms in total. The third-order valence-corrected chi connectivity index (χ3v) is 4.13. The van der Waals surface area contributed by atoms with Gasteiger partial charge in [-0.05, 0) is 35.8 Å². The van der Waals surface area contributed by atoms with Gasteiger partial charge >= 0.3 is 0 Å². The van der Waals surface area contributed by atoms with E-state index in [-0.39, 0.29) is 0 Å². The van der Waals surface area contributed by atoms with Crippen molar-refractivity contribution in [1.29, 1.82) is 0 Å². The normalized spacial score (nSPS) is 11.2. The van der Waals surface area contributed by atoms with E-state index in [0.29, 0.717) is 15.3 Å². The molecule has 0 aliphatic rings. The van der Waals surface area contributed by atoms with E-state index in [1.165, 1.54) is 5.56 Å². The highest BCUT2D eigenvalue weighted by Crippen LogP contribution is 2.28. The maximum atomic E-state index is 6.03. The number of aromatic nitrogens is 4. The second-order valence-corrected chi connectivity index (χ2v) is 5.47. The fraction of sp³-hybridized carbons (Fsp3) is 0.154. The molecule has 0 aliphatic heterocycles. The molecule has 0 saturated carbocycles. The highest BCUT2D eigenvalue weighted by molar-refractivity contribution is 9.10. The molecule has 96 valence electrons. The van der Waals surface area contributed by atoms with Crippen LogP contribution in [0.3, 0.4) is 0 Å². The molecule has 6 heteroatoms. The summed E-state index contributed by atoms with van der Waals surface area (Å²) in [6, 6.07) is 8.12. The molecule has 0 aliphatic carbocycles. The van der Waals surface area contributed by atoms with Crippen LogP contribution in [0.4, 0.5) is 0 Å². The molecule has 0 unspecified atom stereocenters. The van der Waals surface area contributed by atoms with Gasteiger partial charge < -0.3 is 0 Å². The number of hydrogen-bond donors (Lipinski definition) is 0. The average molecular weight is 338 g/mol. The zero-order valence-electron chi connectivity index (χ0n) is 10.4. The van der Waals surface area contributed by atoms with Crippen LogP contribution < -0.4 is 0 Å². The first-order valence-corrected chi connectivity index (χ1v) is 6.89. The molecule has 0 atom stereocenters. The first-order valence-electron chi connectivity index (χ1n) is 5.71. The zero-order valence-corrected chi connectivity index (χ0v) is 12.7. The summed E-state index contributed by atoms with van der Waals surface area (Å²) in [6.45, 7) is 3.93. The Balaban J connectivity index is 2.35. The van der Waals surface area contributed by atoms with E-state index >= 15 is 0 Å². The lowest BCUT2D eigenvalue weighted by atomic mass is 10.1. The Morgan fingerprint density at radius 1 is 1.21 bits per heavy atom. The van der Waals surface area contributed by atoms with Crippen molar-refractivity contribution in [2.24, 2.45) is 0 Å². The third-order valence-electron chi connectivity index (χ3n) is 2.90. The van der Waals surface area contributed by atoms with Gasteiger partial charge in [0.15, 0.2) is 11.5 Å². The molecule has 19 heavy (non-hydrogen) atoms. The Kier molecular flexibility index (Phi) is 3.03. The average Bonchev–Trinajstić information content (AvgIpc) is 2.81. The van der Waals surface area contributed by atoms with Gasteiger partial charge in [-0.1, -0.05) is 35.4 Å². The second-order valence-electron chi connectivity index (χ2n) is 4.32. The number of nitrogens with zero attached hydrogens (tertiary/aromatic N) is 4. The van der Waals surface area contributed by atoms with E-state index in [1.807, 2.05) is 36.4 Å². The van der Waals surface area contributed by atoms with Crippen molar-refractivity contribution in [3.63, 3.8) is 0 Å². The smallest absolute Gasteiger partial charge is 0.180 e. The van der Waals surface area contributed by atoms with Crippen molar-refractivity contribution >= 4 is 33.2 Å². The van der Waals surface area contributed by atoms with Crippen LogP contribution in [0.15, 0.2) is 28.7 Å². The Hall–Kier alpha value is -1.46. The van der Waals surface area contributed by atoms with E-state index < -0.39 is 0 Å². The minimum atomic E-state index is 0.396. The van der Waals surface area contributed by atoms with Gasteiger partial charge in [-0.15, -0.1) is 10.2 Å². The Labute approximate surface area is 123 Å². The van der Waals surface area contributed by atoms with E-state index in [4.69, 9.17) is 11.6 Å². The summed E-state index contributed by atoms with van der Waals surface area (Å²) in [5.41, 5.74) is 2.86. The van der Waals surface area contributed by atoms with E-state index in [9.17, 15) is 0 Å². The van der Waals surface area contributed by atoms with Gasteiger partial charge in [0.05, 0.1) is 0 Å². The summed E-state index contributed by atoms with van der Waals surface area (Å²) in [7, 11) is 0. The van der Waals surface area contributed by atoms with Crippen molar-refractivity contribution in [3.05, 3.63) is 45.3 Å². The molecular formula is C13H10BrClN4. The first-order chi connectivity index (χ1) is 9.08. The molecule has 2 aromatic heterocycles. The van der Waals surface area contributed by atoms with Crippen molar-refractivity contribution in [1.82, 2.24) is 19.6 Å². The summed E-state index contributed by atoms with van der Waals surface area (Å²) in [4.78, 5) is 4.28. The monoisotopic (exact) mass is 336 g/mol. The SMILES string of the molecule is Cc1cccc(-c2nnc3c(Br)c(Cl)nc(C)n23)c1. The van der Waals surface area contributed by atoms with Crippen molar-refractivity contribution in [3.8, 4) is 11.4 Å². The maximum absolute atomic E-state index is 6.03. The predicted octanol–water partition coefficient (Wildman–Crippen LogP) is 3.82. The van der Waals surface area contributed by atoms with Gasteiger partial charge in [0.1, 0.15) is 15.5 Å². The van der Waals surface area contributed by atoms with Crippen molar-refractivity contribution in [2.75, 3.05) is 0 Å². The van der Waals surface area contributed by atoms with Crippen LogP contribution >= 0.6 is 27.5 Å². The van der Waals surface area contributed by atoms with Gasteiger partial charge in [0.2, 0.25) is 0 Å². The van der Waals surface area contributed by atoms with E-state index in [0.717, 1.165) is 17.2 Å². The van der Waals surface area contributed by atoms with E-state index in [2.05, 4.69) is 37.2 Å². The molecule has 2 heterocycles. The van der Waals surface area contributed by atoms with Crippen molar-refractivity contribution < 1.29 is 0 Å². The Morgan fingerprint density at radius 3 is 2.74 bits per heavy atom. The second kappa shape index (κ2) is 4.58. The minimum Gasteiger partial charge on any atom is -0.262 e. The quantitative estimate of drug-likeness (QED) is 0.634. The van der Waals surface area contributed by atoms with Gasteiger partial charge in [0, 0.05) is 5.56 Å². The van der Waals surface area contributed by atoms with Gasteiger partial charge in [0.25, 0.3) is 0 Å². The lowest BCUT2D eigenvalue weighted by Gasteiger charge is -2.06. The molecule has 3 aromatic rings. The number of halogens is 2. The van der Waals surface area contributed by atoms with Crippen LogP contribution in [0, 0.1) is 13.8 Å². The van der Waals surface area contributed by atoms with Crippen LogP contribution in [0.25, 0.3) is 17.0 Å². The molecule has 0 amide bonds.